The minimum absolute atomic E-state index is 0.0663. The number of carboxylic acid groups (broad SMARTS) is 1. The summed E-state index contributed by atoms with van der Waals surface area (Å²) >= 11 is 1.59. The summed E-state index contributed by atoms with van der Waals surface area (Å²) in [6.07, 6.45) is 9.02. The molecule has 2 N–H and O–H groups in total. The van der Waals surface area contributed by atoms with Gasteiger partial charge in [-0.2, -0.15) is 0 Å². The fourth-order valence-corrected chi connectivity index (χ4v) is 4.88. The number of rotatable bonds is 6. The van der Waals surface area contributed by atoms with Crippen LogP contribution in [-0.4, -0.2) is 26.4 Å². The Bertz CT molecular complexity index is 955. The molecule has 4 rings (SSSR count). The number of nitrogens with zero attached hydrogens (tertiary/aromatic N) is 2. The Morgan fingerprint density at radius 2 is 1.89 bits per heavy atom. The van der Waals surface area contributed by atoms with E-state index in [9.17, 15) is 14.7 Å². The van der Waals surface area contributed by atoms with Crippen LogP contribution < -0.4 is 5.32 Å². The molecule has 0 radical (unpaired) electrons. The second kappa shape index (κ2) is 7.75. The van der Waals surface area contributed by atoms with Crippen molar-refractivity contribution in [1.29, 1.82) is 0 Å². The van der Waals surface area contributed by atoms with Crippen LogP contribution in [-0.2, 0) is 9.59 Å². The van der Waals surface area contributed by atoms with Crippen molar-refractivity contribution in [3.05, 3.63) is 42.0 Å². The van der Waals surface area contributed by atoms with Gasteiger partial charge in [-0.1, -0.05) is 31.4 Å². The van der Waals surface area contributed by atoms with Gasteiger partial charge >= 0.3 is 5.97 Å². The summed E-state index contributed by atoms with van der Waals surface area (Å²) < 4.78 is 1.99. The summed E-state index contributed by atoms with van der Waals surface area (Å²) in [4.78, 5) is 29.4. The smallest absolute Gasteiger partial charge is 0.303 e. The number of carbonyl (C=O) groups excluding carboxylic acids is 1. The van der Waals surface area contributed by atoms with Crippen LogP contribution in [0.1, 0.15) is 44.9 Å². The molecule has 28 heavy (non-hydrogen) atoms. The van der Waals surface area contributed by atoms with E-state index in [4.69, 9.17) is 0 Å². The zero-order valence-electron chi connectivity index (χ0n) is 15.6. The zero-order valence-corrected chi connectivity index (χ0v) is 16.4. The third kappa shape index (κ3) is 4.09. The molecule has 0 saturated heterocycles. The number of thiazole rings is 1. The topological polar surface area (TPSA) is 83.7 Å². The Kier molecular flexibility index (Phi) is 5.17. The van der Waals surface area contributed by atoms with Gasteiger partial charge in [0.25, 0.3) is 0 Å². The van der Waals surface area contributed by atoms with Crippen LogP contribution in [0.5, 0.6) is 0 Å². The fourth-order valence-electron chi connectivity index (χ4n) is 4.18. The minimum atomic E-state index is -0.820. The predicted molar refractivity (Wildman–Crippen MR) is 110 cm³/mol. The lowest BCUT2D eigenvalue weighted by molar-refractivity contribution is -0.140. The number of carboxylic acids is 1. The van der Waals surface area contributed by atoms with Crippen LogP contribution >= 0.6 is 11.3 Å². The number of hydrogen-bond donors (Lipinski definition) is 2. The number of fused-ring (bicyclic) bond motifs is 1. The Morgan fingerprint density at radius 1 is 1.14 bits per heavy atom. The first-order valence-corrected chi connectivity index (χ1v) is 10.5. The lowest BCUT2D eigenvalue weighted by Gasteiger charge is -2.35. The number of carbonyl (C=O) groups is 2. The lowest BCUT2D eigenvalue weighted by atomic mass is 9.69. The first-order chi connectivity index (χ1) is 13.5. The average molecular weight is 398 g/mol. The van der Waals surface area contributed by atoms with Gasteiger partial charge in [-0.25, -0.2) is 4.98 Å². The molecule has 1 saturated carbocycles. The van der Waals surface area contributed by atoms with Crippen molar-refractivity contribution in [3.63, 3.8) is 0 Å². The van der Waals surface area contributed by atoms with E-state index in [1.165, 1.54) is 0 Å². The molecule has 3 aromatic rings. The summed E-state index contributed by atoms with van der Waals surface area (Å²) in [5.74, 6) is -0.933. The van der Waals surface area contributed by atoms with Crippen LogP contribution in [0, 0.1) is 5.41 Å². The molecule has 0 aliphatic heterocycles. The number of aliphatic carboxylic acids is 1. The van der Waals surface area contributed by atoms with Gasteiger partial charge in [-0.3, -0.25) is 14.0 Å². The number of amides is 1. The van der Waals surface area contributed by atoms with E-state index in [0.717, 1.165) is 54.0 Å². The van der Waals surface area contributed by atoms with E-state index in [2.05, 4.69) is 10.3 Å². The van der Waals surface area contributed by atoms with Crippen molar-refractivity contribution in [3.8, 4) is 11.3 Å². The van der Waals surface area contributed by atoms with Gasteiger partial charge in [-0.15, -0.1) is 11.3 Å². The maximum Gasteiger partial charge on any atom is 0.303 e. The number of anilines is 1. The van der Waals surface area contributed by atoms with E-state index in [1.807, 2.05) is 46.4 Å². The number of hydrogen-bond acceptors (Lipinski definition) is 4. The molecule has 0 bridgehead atoms. The highest BCUT2D eigenvalue weighted by Gasteiger charge is 2.36. The lowest BCUT2D eigenvalue weighted by Crippen LogP contribution is -2.32. The zero-order chi connectivity index (χ0) is 19.6. The van der Waals surface area contributed by atoms with Crippen LogP contribution in [0.2, 0.25) is 0 Å². The molecule has 0 unspecified atom stereocenters. The van der Waals surface area contributed by atoms with Gasteiger partial charge in [0, 0.05) is 35.4 Å². The van der Waals surface area contributed by atoms with Crippen LogP contribution in [0.15, 0.2) is 42.0 Å². The second-order valence-corrected chi connectivity index (χ2v) is 8.53. The molecule has 1 amide bonds. The normalized spacial score (nSPS) is 16.1. The van der Waals surface area contributed by atoms with Gasteiger partial charge in [0.05, 0.1) is 12.1 Å². The molecule has 0 atom stereocenters. The molecular weight excluding hydrogens is 374 g/mol. The quantitative estimate of drug-likeness (QED) is 0.625. The molecule has 146 valence electrons. The van der Waals surface area contributed by atoms with Crippen molar-refractivity contribution in [2.75, 3.05) is 5.32 Å². The largest absolute Gasteiger partial charge is 0.481 e. The maximum atomic E-state index is 12.6. The van der Waals surface area contributed by atoms with Gasteiger partial charge in [0.1, 0.15) is 0 Å². The third-order valence-electron chi connectivity index (χ3n) is 5.53. The fraction of sp³-hybridized carbons (Fsp3) is 0.381. The SMILES string of the molecule is O=C(O)CC1(CC(=O)Nc2ccc(-c3cn4ccsc4n3)cc2)CCCCC1. The van der Waals surface area contributed by atoms with E-state index >= 15 is 0 Å². The molecule has 1 aromatic carbocycles. The summed E-state index contributed by atoms with van der Waals surface area (Å²) in [7, 11) is 0. The molecule has 1 fully saturated rings. The molecule has 6 nitrogen and oxygen atoms in total. The van der Waals surface area contributed by atoms with Crippen molar-refractivity contribution < 1.29 is 14.7 Å². The minimum Gasteiger partial charge on any atom is -0.481 e. The van der Waals surface area contributed by atoms with Gasteiger partial charge in [0.2, 0.25) is 5.91 Å². The molecule has 7 heteroatoms. The Balaban J connectivity index is 1.42. The maximum absolute atomic E-state index is 12.6. The summed E-state index contributed by atoms with van der Waals surface area (Å²) in [6, 6.07) is 7.61. The highest BCUT2D eigenvalue weighted by atomic mass is 32.1. The monoisotopic (exact) mass is 397 g/mol. The first kappa shape index (κ1) is 18.7. The molecular formula is C21H23N3O3S. The Morgan fingerprint density at radius 3 is 2.57 bits per heavy atom. The summed E-state index contributed by atoms with van der Waals surface area (Å²) in [5.41, 5.74) is 2.20. The van der Waals surface area contributed by atoms with Crippen molar-refractivity contribution in [2.45, 2.75) is 44.9 Å². The van der Waals surface area contributed by atoms with Crippen LogP contribution in [0.4, 0.5) is 5.69 Å². The van der Waals surface area contributed by atoms with Crippen LogP contribution in [0.25, 0.3) is 16.2 Å². The molecule has 1 aliphatic rings. The van der Waals surface area contributed by atoms with Gasteiger partial charge < -0.3 is 10.4 Å². The number of imidazole rings is 1. The molecule has 0 spiro atoms. The number of aromatic nitrogens is 2. The highest BCUT2D eigenvalue weighted by Crippen LogP contribution is 2.42. The molecule has 2 heterocycles. The van der Waals surface area contributed by atoms with E-state index < -0.39 is 11.4 Å². The predicted octanol–water partition coefficient (Wildman–Crippen LogP) is 4.82. The second-order valence-electron chi connectivity index (χ2n) is 7.65. The molecule has 2 aromatic heterocycles. The number of benzene rings is 1. The molecule has 1 aliphatic carbocycles. The standard InChI is InChI=1S/C21H23N3O3S/c25-18(12-21(13-19(26)27)8-2-1-3-9-21)22-16-6-4-15(5-7-16)17-14-24-10-11-28-20(24)23-17/h4-7,10-11,14H,1-3,8-9,12-13H2,(H,22,25)(H,26,27). The number of nitrogens with one attached hydrogen (secondary N) is 1. The average Bonchev–Trinajstić information content (AvgIpc) is 3.24. The summed E-state index contributed by atoms with van der Waals surface area (Å²) in [6.45, 7) is 0. The highest BCUT2D eigenvalue weighted by molar-refractivity contribution is 7.15. The van der Waals surface area contributed by atoms with Crippen molar-refractivity contribution in [1.82, 2.24) is 9.38 Å². The third-order valence-corrected chi connectivity index (χ3v) is 6.30. The van der Waals surface area contributed by atoms with Crippen molar-refractivity contribution >= 4 is 33.9 Å². The van der Waals surface area contributed by atoms with Gasteiger partial charge in [0.15, 0.2) is 4.96 Å². The van der Waals surface area contributed by atoms with E-state index in [1.54, 1.807) is 11.3 Å². The van der Waals surface area contributed by atoms with Crippen LogP contribution in [0.3, 0.4) is 0 Å². The van der Waals surface area contributed by atoms with Gasteiger partial charge in [-0.05, 0) is 30.4 Å². The first-order valence-electron chi connectivity index (χ1n) is 9.57. The Labute approximate surface area is 167 Å². The van der Waals surface area contributed by atoms with E-state index in [-0.39, 0.29) is 18.7 Å². The summed E-state index contributed by atoms with van der Waals surface area (Å²) in [5, 5.41) is 14.2. The Hall–Kier alpha value is -2.67. The van der Waals surface area contributed by atoms with Crippen molar-refractivity contribution in [2.24, 2.45) is 5.41 Å². The van der Waals surface area contributed by atoms with E-state index in [0.29, 0.717) is 0 Å².